The van der Waals surface area contributed by atoms with Crippen LogP contribution in [0.15, 0.2) is 24.3 Å². The molecule has 106 valence electrons. The van der Waals surface area contributed by atoms with Gasteiger partial charge in [0.05, 0.1) is 6.10 Å². The lowest BCUT2D eigenvalue weighted by Crippen LogP contribution is -2.48. The summed E-state index contributed by atoms with van der Waals surface area (Å²) in [7, 11) is 0. The van der Waals surface area contributed by atoms with Gasteiger partial charge in [0.2, 0.25) is 5.91 Å². The molecule has 5 nitrogen and oxygen atoms in total. The molecule has 2 aliphatic rings. The van der Waals surface area contributed by atoms with Crippen molar-refractivity contribution in [1.82, 2.24) is 4.90 Å². The van der Waals surface area contributed by atoms with Crippen molar-refractivity contribution in [2.45, 2.75) is 43.9 Å². The quantitative estimate of drug-likeness (QED) is 0.841. The zero-order valence-corrected chi connectivity index (χ0v) is 11.2. The van der Waals surface area contributed by atoms with Crippen molar-refractivity contribution in [3.63, 3.8) is 0 Å². The van der Waals surface area contributed by atoms with Crippen LogP contribution in [0.2, 0.25) is 0 Å². The van der Waals surface area contributed by atoms with Crippen LogP contribution in [-0.2, 0) is 0 Å². The fourth-order valence-corrected chi connectivity index (χ4v) is 3.41. The molecule has 2 unspecified atom stereocenters. The van der Waals surface area contributed by atoms with E-state index in [1.807, 2.05) is 4.90 Å². The Morgan fingerprint density at radius 1 is 1.05 bits per heavy atom. The van der Waals surface area contributed by atoms with Gasteiger partial charge in [-0.05, 0) is 49.9 Å². The predicted octanol–water partition coefficient (Wildman–Crippen LogP) is 0.913. The molecule has 0 aromatic heterocycles. The Balaban J connectivity index is 1.81. The van der Waals surface area contributed by atoms with Crippen LogP contribution in [0.3, 0.4) is 0 Å². The molecule has 1 aromatic rings. The molecule has 2 amide bonds. The second-order valence-electron chi connectivity index (χ2n) is 5.66. The molecule has 0 saturated carbocycles. The molecule has 2 heterocycles. The van der Waals surface area contributed by atoms with Gasteiger partial charge >= 0.3 is 0 Å². The number of amides is 2. The van der Waals surface area contributed by atoms with E-state index < -0.39 is 5.91 Å². The van der Waals surface area contributed by atoms with Gasteiger partial charge in [0.1, 0.15) is 0 Å². The van der Waals surface area contributed by atoms with Crippen LogP contribution in [0.1, 0.15) is 46.4 Å². The second-order valence-corrected chi connectivity index (χ2v) is 5.66. The molecule has 2 saturated heterocycles. The molecule has 3 N–H and O–H groups in total. The summed E-state index contributed by atoms with van der Waals surface area (Å²) >= 11 is 0. The highest BCUT2D eigenvalue weighted by Crippen LogP contribution is 2.36. The molecular formula is C15H18N2O3. The lowest BCUT2D eigenvalue weighted by Gasteiger charge is -2.37. The lowest BCUT2D eigenvalue weighted by molar-refractivity contribution is 0.0286. The zero-order chi connectivity index (χ0) is 14.3. The number of nitrogens with two attached hydrogens (primary N) is 1. The first-order valence-electron chi connectivity index (χ1n) is 6.97. The molecule has 1 aromatic carbocycles. The molecule has 2 fully saturated rings. The molecular weight excluding hydrogens is 256 g/mol. The number of benzene rings is 1. The maximum absolute atomic E-state index is 12.6. The summed E-state index contributed by atoms with van der Waals surface area (Å²) < 4.78 is 0. The van der Waals surface area contributed by atoms with Crippen LogP contribution >= 0.6 is 0 Å². The topological polar surface area (TPSA) is 83.6 Å². The molecule has 20 heavy (non-hydrogen) atoms. The standard InChI is InChI=1S/C15H18N2O3/c16-14(19)9-1-3-10(4-2-9)15(20)17-11-5-6-12(17)8-13(18)7-11/h1-4,11-13,18H,5-8H2,(H2,16,19). The Labute approximate surface area is 117 Å². The summed E-state index contributed by atoms with van der Waals surface area (Å²) in [5.41, 5.74) is 6.16. The van der Waals surface area contributed by atoms with Gasteiger partial charge in [-0.1, -0.05) is 0 Å². The number of piperidine rings is 1. The van der Waals surface area contributed by atoms with Crippen LogP contribution < -0.4 is 5.73 Å². The van der Waals surface area contributed by atoms with Crippen LogP contribution in [0, 0.1) is 0 Å². The average molecular weight is 274 g/mol. The minimum atomic E-state index is -0.495. The predicted molar refractivity (Wildman–Crippen MR) is 73.2 cm³/mol. The number of aliphatic hydroxyl groups excluding tert-OH is 1. The fraction of sp³-hybridized carbons (Fsp3) is 0.467. The number of carbonyl (C=O) groups is 2. The van der Waals surface area contributed by atoms with Gasteiger partial charge in [-0.2, -0.15) is 0 Å². The van der Waals surface area contributed by atoms with E-state index in [-0.39, 0.29) is 24.1 Å². The van der Waals surface area contributed by atoms with Crippen LogP contribution in [0.4, 0.5) is 0 Å². The third-order valence-electron chi connectivity index (χ3n) is 4.36. The zero-order valence-electron chi connectivity index (χ0n) is 11.2. The van der Waals surface area contributed by atoms with Gasteiger partial charge in [-0.25, -0.2) is 0 Å². The first-order valence-corrected chi connectivity index (χ1v) is 6.97. The number of fused-ring (bicyclic) bond motifs is 2. The molecule has 2 bridgehead atoms. The van der Waals surface area contributed by atoms with Crippen molar-refractivity contribution >= 4 is 11.8 Å². The summed E-state index contributed by atoms with van der Waals surface area (Å²) in [6, 6.07) is 6.74. The summed E-state index contributed by atoms with van der Waals surface area (Å²) in [6.45, 7) is 0. The number of primary amides is 1. The third-order valence-corrected chi connectivity index (χ3v) is 4.36. The number of rotatable bonds is 2. The van der Waals surface area contributed by atoms with Crippen molar-refractivity contribution in [3.8, 4) is 0 Å². The minimum Gasteiger partial charge on any atom is -0.393 e. The monoisotopic (exact) mass is 274 g/mol. The van der Waals surface area contributed by atoms with E-state index in [1.54, 1.807) is 24.3 Å². The average Bonchev–Trinajstić information content (AvgIpc) is 2.70. The minimum absolute atomic E-state index is 0.0135. The molecule has 2 aliphatic heterocycles. The molecule has 5 heteroatoms. The second kappa shape index (κ2) is 4.90. The number of carbonyl (C=O) groups excluding carboxylic acids is 2. The lowest BCUT2D eigenvalue weighted by atomic mass is 9.98. The van der Waals surface area contributed by atoms with E-state index in [9.17, 15) is 14.7 Å². The smallest absolute Gasteiger partial charge is 0.254 e. The Morgan fingerprint density at radius 2 is 1.55 bits per heavy atom. The van der Waals surface area contributed by atoms with Gasteiger partial charge in [-0.3, -0.25) is 9.59 Å². The van der Waals surface area contributed by atoms with Gasteiger partial charge in [0.25, 0.3) is 5.91 Å². The van der Waals surface area contributed by atoms with Gasteiger partial charge in [0.15, 0.2) is 0 Å². The summed E-state index contributed by atoms with van der Waals surface area (Å²) in [6.07, 6.45) is 2.98. The first kappa shape index (κ1) is 13.1. The number of nitrogens with zero attached hydrogens (tertiary/aromatic N) is 1. The van der Waals surface area contributed by atoms with E-state index >= 15 is 0 Å². The number of hydrogen-bond acceptors (Lipinski definition) is 3. The van der Waals surface area contributed by atoms with Crippen LogP contribution in [0.25, 0.3) is 0 Å². The van der Waals surface area contributed by atoms with Crippen molar-refractivity contribution in [3.05, 3.63) is 35.4 Å². The fourth-order valence-electron chi connectivity index (χ4n) is 3.41. The Bertz CT molecular complexity index is 527. The SMILES string of the molecule is NC(=O)c1ccc(C(=O)N2C3CCC2CC(O)C3)cc1. The largest absolute Gasteiger partial charge is 0.393 e. The maximum atomic E-state index is 12.6. The first-order chi connectivity index (χ1) is 9.56. The Kier molecular flexibility index (Phi) is 3.22. The maximum Gasteiger partial charge on any atom is 0.254 e. The van der Waals surface area contributed by atoms with Gasteiger partial charge < -0.3 is 15.7 Å². The van der Waals surface area contributed by atoms with E-state index in [0.717, 1.165) is 12.8 Å². The van der Waals surface area contributed by atoms with Crippen molar-refractivity contribution in [2.75, 3.05) is 0 Å². The summed E-state index contributed by atoms with van der Waals surface area (Å²) in [5, 5.41) is 9.77. The molecule has 3 rings (SSSR count). The van der Waals surface area contributed by atoms with Crippen LogP contribution in [0.5, 0.6) is 0 Å². The molecule has 2 atom stereocenters. The van der Waals surface area contributed by atoms with Gasteiger partial charge in [0, 0.05) is 23.2 Å². The van der Waals surface area contributed by atoms with E-state index in [2.05, 4.69) is 0 Å². The normalized spacial score (nSPS) is 28.4. The molecule has 0 spiro atoms. The Morgan fingerprint density at radius 3 is 2.05 bits per heavy atom. The van der Waals surface area contributed by atoms with Crippen LogP contribution in [-0.4, -0.2) is 40.0 Å². The van der Waals surface area contributed by atoms with E-state index in [0.29, 0.717) is 24.0 Å². The van der Waals surface area contributed by atoms with E-state index in [4.69, 9.17) is 5.73 Å². The number of hydrogen-bond donors (Lipinski definition) is 2. The number of aliphatic hydroxyl groups is 1. The highest BCUT2D eigenvalue weighted by atomic mass is 16.3. The highest BCUT2D eigenvalue weighted by molar-refractivity contribution is 5.97. The molecule has 0 aliphatic carbocycles. The van der Waals surface area contributed by atoms with Crippen molar-refractivity contribution in [1.29, 1.82) is 0 Å². The van der Waals surface area contributed by atoms with Crippen molar-refractivity contribution in [2.24, 2.45) is 5.73 Å². The Hall–Kier alpha value is -1.88. The summed E-state index contributed by atoms with van der Waals surface area (Å²) in [5.74, 6) is -0.509. The van der Waals surface area contributed by atoms with E-state index in [1.165, 1.54) is 0 Å². The molecule has 0 radical (unpaired) electrons. The highest BCUT2D eigenvalue weighted by Gasteiger charge is 2.42. The third kappa shape index (κ3) is 2.18. The summed E-state index contributed by atoms with van der Waals surface area (Å²) in [4.78, 5) is 25.5. The van der Waals surface area contributed by atoms with Crippen molar-refractivity contribution < 1.29 is 14.7 Å². The van der Waals surface area contributed by atoms with Gasteiger partial charge in [-0.15, -0.1) is 0 Å².